The predicted octanol–water partition coefficient (Wildman–Crippen LogP) is 2.80. The minimum absolute atomic E-state index is 0.0988. The van der Waals surface area contributed by atoms with Gasteiger partial charge in [-0.05, 0) is 42.5 Å². The monoisotopic (exact) mass is 466 g/mol. The molecule has 2 N–H and O–H groups in total. The Kier molecular flexibility index (Phi) is 8.17. The van der Waals surface area contributed by atoms with E-state index in [0.717, 1.165) is 25.3 Å². The molecule has 2 atom stereocenters. The number of piperidine rings is 1. The van der Waals surface area contributed by atoms with E-state index in [1.54, 1.807) is 0 Å². The minimum Gasteiger partial charge on any atom is -0.383 e. The van der Waals surface area contributed by atoms with Crippen molar-refractivity contribution in [1.29, 1.82) is 0 Å². The number of carbonyl (C=O) groups excluding carboxylic acids is 1. The second kappa shape index (κ2) is 10.6. The number of carbonyl (C=O) groups is 1. The van der Waals surface area contributed by atoms with Crippen LogP contribution in [0.4, 0.5) is 5.13 Å². The molecule has 1 aromatic heterocycles. The number of rotatable bonds is 9. The van der Waals surface area contributed by atoms with E-state index in [2.05, 4.69) is 33.8 Å². The molecule has 3 rings (SSSR count). The number of anilines is 1. The number of aromatic nitrogens is 1. The van der Waals surface area contributed by atoms with Crippen molar-refractivity contribution >= 4 is 32.4 Å². The Morgan fingerprint density at radius 3 is 2.55 bits per heavy atom. The van der Waals surface area contributed by atoms with Crippen molar-refractivity contribution in [2.45, 2.75) is 31.7 Å². The summed E-state index contributed by atoms with van der Waals surface area (Å²) in [5.41, 5.74) is 1.32. The van der Waals surface area contributed by atoms with Crippen LogP contribution in [0.3, 0.4) is 0 Å². The lowest BCUT2D eigenvalue weighted by atomic mass is 9.92. The SMILES string of the molecule is COCCNS(=O)(=O)c1ccc(C(=O)Nc2nc(CN3C[C@H](C)C[C@@H](C)C3)cs2)cc1. The van der Waals surface area contributed by atoms with E-state index in [1.165, 1.54) is 49.1 Å². The minimum atomic E-state index is -3.63. The van der Waals surface area contributed by atoms with E-state index in [0.29, 0.717) is 22.5 Å². The first kappa shape index (κ1) is 23.8. The Morgan fingerprint density at radius 2 is 1.90 bits per heavy atom. The molecule has 0 saturated carbocycles. The molecule has 1 aliphatic heterocycles. The molecule has 0 aliphatic carbocycles. The van der Waals surface area contributed by atoms with Gasteiger partial charge in [0.1, 0.15) is 0 Å². The topological polar surface area (TPSA) is 101 Å². The standard InChI is InChI=1S/C21H30N4O4S2/c1-15-10-16(2)12-25(11-15)13-18-14-30-21(23-18)24-20(26)17-4-6-19(7-5-17)31(27,28)22-8-9-29-3/h4-7,14-16,22H,8-13H2,1-3H3,(H,23,24,26)/t15-,16-/m1/s1. The van der Waals surface area contributed by atoms with Crippen molar-refractivity contribution in [1.82, 2.24) is 14.6 Å². The van der Waals surface area contributed by atoms with Crippen molar-refractivity contribution in [3.63, 3.8) is 0 Å². The fourth-order valence-electron chi connectivity index (χ4n) is 3.90. The van der Waals surface area contributed by atoms with Gasteiger partial charge in [0.15, 0.2) is 5.13 Å². The van der Waals surface area contributed by atoms with Crippen LogP contribution in [0.15, 0.2) is 34.5 Å². The first-order chi connectivity index (χ1) is 14.8. The van der Waals surface area contributed by atoms with E-state index in [9.17, 15) is 13.2 Å². The van der Waals surface area contributed by atoms with Gasteiger partial charge in [0.25, 0.3) is 5.91 Å². The van der Waals surface area contributed by atoms with E-state index >= 15 is 0 Å². The number of sulfonamides is 1. The molecule has 170 valence electrons. The second-order valence-corrected chi connectivity index (χ2v) is 10.8. The average molecular weight is 467 g/mol. The normalized spacial score (nSPS) is 20.0. The summed E-state index contributed by atoms with van der Waals surface area (Å²) in [5, 5.41) is 5.31. The van der Waals surface area contributed by atoms with E-state index < -0.39 is 10.0 Å². The molecule has 0 spiro atoms. The van der Waals surface area contributed by atoms with Gasteiger partial charge in [0, 0.05) is 44.2 Å². The zero-order valence-electron chi connectivity index (χ0n) is 18.1. The molecule has 0 unspecified atom stereocenters. The maximum absolute atomic E-state index is 12.5. The van der Waals surface area contributed by atoms with Gasteiger partial charge in [-0.2, -0.15) is 0 Å². The van der Waals surface area contributed by atoms with Gasteiger partial charge >= 0.3 is 0 Å². The van der Waals surface area contributed by atoms with Crippen LogP contribution in [0, 0.1) is 11.8 Å². The number of ether oxygens (including phenoxy) is 1. The second-order valence-electron chi connectivity index (χ2n) is 8.15. The zero-order chi connectivity index (χ0) is 22.4. The lowest BCUT2D eigenvalue weighted by Gasteiger charge is -2.34. The molecular weight excluding hydrogens is 436 g/mol. The smallest absolute Gasteiger partial charge is 0.257 e. The van der Waals surface area contributed by atoms with Crippen molar-refractivity contribution in [3.05, 3.63) is 40.9 Å². The Morgan fingerprint density at radius 1 is 1.23 bits per heavy atom. The number of benzene rings is 1. The van der Waals surface area contributed by atoms with E-state index in [-0.39, 0.29) is 24.0 Å². The summed E-state index contributed by atoms with van der Waals surface area (Å²) in [7, 11) is -2.13. The van der Waals surface area contributed by atoms with Crippen molar-refractivity contribution in [2.24, 2.45) is 11.8 Å². The Balaban J connectivity index is 1.57. The number of nitrogens with zero attached hydrogens (tertiary/aromatic N) is 2. The van der Waals surface area contributed by atoms with Crippen molar-refractivity contribution in [3.8, 4) is 0 Å². The highest BCUT2D eigenvalue weighted by molar-refractivity contribution is 7.89. The number of hydrogen-bond acceptors (Lipinski definition) is 7. The first-order valence-electron chi connectivity index (χ1n) is 10.3. The summed E-state index contributed by atoms with van der Waals surface area (Å²) in [6.07, 6.45) is 1.26. The molecule has 1 fully saturated rings. The van der Waals surface area contributed by atoms with Gasteiger partial charge in [0.2, 0.25) is 10.0 Å². The molecule has 8 nitrogen and oxygen atoms in total. The summed E-state index contributed by atoms with van der Waals surface area (Å²) in [4.78, 5) is 19.6. The third kappa shape index (κ3) is 6.81. The Hall–Kier alpha value is -1.85. The zero-order valence-corrected chi connectivity index (χ0v) is 19.8. The number of methoxy groups -OCH3 is 1. The van der Waals surface area contributed by atoms with Gasteiger partial charge in [-0.3, -0.25) is 15.0 Å². The molecule has 2 aromatic rings. The largest absolute Gasteiger partial charge is 0.383 e. The first-order valence-corrected chi connectivity index (χ1v) is 12.7. The summed E-state index contributed by atoms with van der Waals surface area (Å²) in [5.74, 6) is 1.05. The average Bonchev–Trinajstić information content (AvgIpc) is 3.14. The van der Waals surface area contributed by atoms with Crippen LogP contribution >= 0.6 is 11.3 Å². The van der Waals surface area contributed by atoms with Crippen LogP contribution in [0.25, 0.3) is 0 Å². The highest BCUT2D eigenvalue weighted by atomic mass is 32.2. The highest BCUT2D eigenvalue weighted by Crippen LogP contribution is 2.24. The predicted molar refractivity (Wildman–Crippen MR) is 122 cm³/mol. The van der Waals surface area contributed by atoms with E-state index in [1.807, 2.05) is 5.38 Å². The van der Waals surface area contributed by atoms with Crippen LogP contribution < -0.4 is 10.0 Å². The van der Waals surface area contributed by atoms with Gasteiger partial charge in [0.05, 0.1) is 17.2 Å². The number of likely N-dealkylation sites (tertiary alicyclic amines) is 1. The molecular formula is C21H30N4O4S2. The molecule has 1 aromatic carbocycles. The molecule has 10 heteroatoms. The van der Waals surface area contributed by atoms with Crippen molar-refractivity contribution < 1.29 is 17.9 Å². The third-order valence-electron chi connectivity index (χ3n) is 5.13. The van der Waals surface area contributed by atoms with Crippen LogP contribution in [-0.4, -0.2) is 57.6 Å². The lowest BCUT2D eigenvalue weighted by molar-refractivity contribution is 0.102. The van der Waals surface area contributed by atoms with E-state index in [4.69, 9.17) is 4.74 Å². The van der Waals surface area contributed by atoms with Crippen LogP contribution in [0.1, 0.15) is 36.3 Å². The van der Waals surface area contributed by atoms with Crippen molar-refractivity contribution in [2.75, 3.05) is 38.7 Å². The number of hydrogen-bond donors (Lipinski definition) is 2. The number of nitrogens with one attached hydrogen (secondary N) is 2. The molecule has 31 heavy (non-hydrogen) atoms. The summed E-state index contributed by atoms with van der Waals surface area (Å²) >= 11 is 1.39. The third-order valence-corrected chi connectivity index (χ3v) is 7.41. The lowest BCUT2D eigenvalue weighted by Crippen LogP contribution is -2.38. The fraction of sp³-hybridized carbons (Fsp3) is 0.524. The molecule has 1 saturated heterocycles. The Labute approximate surface area is 188 Å². The van der Waals surface area contributed by atoms with Gasteiger partial charge in [-0.1, -0.05) is 13.8 Å². The van der Waals surface area contributed by atoms with Gasteiger partial charge in [-0.15, -0.1) is 11.3 Å². The molecule has 0 bridgehead atoms. The van der Waals surface area contributed by atoms with Crippen LogP contribution in [-0.2, 0) is 21.3 Å². The maximum Gasteiger partial charge on any atom is 0.257 e. The molecule has 0 radical (unpaired) electrons. The van der Waals surface area contributed by atoms with Crippen LogP contribution in [0.5, 0.6) is 0 Å². The molecule has 1 aliphatic rings. The highest BCUT2D eigenvalue weighted by Gasteiger charge is 2.22. The van der Waals surface area contributed by atoms with Gasteiger partial charge < -0.3 is 4.74 Å². The van der Waals surface area contributed by atoms with Gasteiger partial charge in [-0.25, -0.2) is 18.1 Å². The fourth-order valence-corrected chi connectivity index (χ4v) is 5.61. The summed E-state index contributed by atoms with van der Waals surface area (Å²) in [6.45, 7) is 7.94. The maximum atomic E-state index is 12.5. The quantitative estimate of drug-likeness (QED) is 0.551. The number of amides is 1. The molecule has 1 amide bonds. The Bertz CT molecular complexity index is 966. The van der Waals surface area contributed by atoms with Crippen LogP contribution in [0.2, 0.25) is 0 Å². The summed E-state index contributed by atoms with van der Waals surface area (Å²) in [6, 6.07) is 5.81. The number of thiazole rings is 1. The molecule has 2 heterocycles. The summed E-state index contributed by atoms with van der Waals surface area (Å²) < 4.78 is 31.7.